The van der Waals surface area contributed by atoms with E-state index in [1.54, 1.807) is 0 Å². The van der Waals surface area contributed by atoms with Crippen molar-refractivity contribution in [2.24, 2.45) is 0 Å². The van der Waals surface area contributed by atoms with Crippen molar-refractivity contribution in [3.8, 4) is 0 Å². The minimum absolute atomic E-state index is 0.116. The standard InChI is InChI=1S/C18H22N4O2/c1-3-16-20-17(24-21-16)12(2)22-10-6-7-13(11-22)18-19-14-8-4-5-9-15(14)23-18/h4-5,8-9,12-13H,3,6-7,10-11H2,1-2H3/t12-,13-/m0/s1. The number of aromatic nitrogens is 3. The molecular weight excluding hydrogens is 304 g/mol. The minimum atomic E-state index is 0.116. The fraction of sp³-hybridized carbons (Fsp3) is 0.500. The third-order valence-corrected chi connectivity index (χ3v) is 4.82. The Balaban J connectivity index is 1.52. The first-order chi connectivity index (χ1) is 11.7. The van der Waals surface area contributed by atoms with Gasteiger partial charge in [-0.05, 0) is 38.4 Å². The van der Waals surface area contributed by atoms with E-state index in [0.717, 1.165) is 55.2 Å². The number of aryl methyl sites for hydroxylation is 1. The van der Waals surface area contributed by atoms with Gasteiger partial charge in [0.2, 0.25) is 5.89 Å². The van der Waals surface area contributed by atoms with Gasteiger partial charge in [-0.25, -0.2) is 4.98 Å². The maximum absolute atomic E-state index is 5.97. The van der Waals surface area contributed by atoms with E-state index in [9.17, 15) is 0 Å². The van der Waals surface area contributed by atoms with Crippen LogP contribution in [0.15, 0.2) is 33.2 Å². The van der Waals surface area contributed by atoms with Gasteiger partial charge >= 0.3 is 0 Å². The predicted octanol–water partition coefficient (Wildman–Crippen LogP) is 3.71. The third-order valence-electron chi connectivity index (χ3n) is 4.82. The number of rotatable bonds is 4. The SMILES string of the molecule is CCc1noc([C@H](C)N2CCC[C@H](c3nc4ccccc4o3)C2)n1. The van der Waals surface area contributed by atoms with Gasteiger partial charge < -0.3 is 8.94 Å². The summed E-state index contributed by atoms with van der Waals surface area (Å²) in [6, 6.07) is 8.05. The first-order valence-electron chi connectivity index (χ1n) is 8.66. The van der Waals surface area contributed by atoms with Crippen LogP contribution in [-0.2, 0) is 6.42 Å². The largest absolute Gasteiger partial charge is 0.440 e. The molecule has 0 unspecified atom stereocenters. The number of para-hydroxylation sites is 2. The van der Waals surface area contributed by atoms with Crippen molar-refractivity contribution in [2.45, 2.75) is 45.1 Å². The molecule has 1 aliphatic heterocycles. The van der Waals surface area contributed by atoms with Crippen LogP contribution in [0.25, 0.3) is 11.1 Å². The van der Waals surface area contributed by atoms with Crippen molar-refractivity contribution >= 4 is 11.1 Å². The Morgan fingerprint density at radius 1 is 1.29 bits per heavy atom. The fourth-order valence-corrected chi connectivity index (χ4v) is 3.36. The molecule has 0 spiro atoms. The summed E-state index contributed by atoms with van der Waals surface area (Å²) >= 11 is 0. The van der Waals surface area contributed by atoms with E-state index in [-0.39, 0.29) is 6.04 Å². The summed E-state index contributed by atoms with van der Waals surface area (Å²) in [6.45, 7) is 6.09. The lowest BCUT2D eigenvalue weighted by Gasteiger charge is -2.34. The van der Waals surface area contributed by atoms with Crippen molar-refractivity contribution in [3.05, 3.63) is 41.9 Å². The number of benzene rings is 1. The van der Waals surface area contributed by atoms with Crippen molar-refractivity contribution in [1.82, 2.24) is 20.0 Å². The highest BCUT2D eigenvalue weighted by Gasteiger charge is 2.30. The molecular formula is C18H22N4O2. The van der Waals surface area contributed by atoms with Crippen LogP contribution in [0.2, 0.25) is 0 Å². The molecule has 1 aliphatic rings. The summed E-state index contributed by atoms with van der Waals surface area (Å²) in [7, 11) is 0. The van der Waals surface area contributed by atoms with Gasteiger partial charge in [0.05, 0.1) is 6.04 Å². The molecule has 2 atom stereocenters. The Morgan fingerprint density at radius 3 is 2.96 bits per heavy atom. The van der Waals surface area contributed by atoms with Gasteiger partial charge in [0.1, 0.15) is 5.52 Å². The molecule has 126 valence electrons. The molecule has 0 aliphatic carbocycles. The molecule has 1 saturated heterocycles. The molecule has 3 heterocycles. The molecule has 1 aromatic carbocycles. The Bertz CT molecular complexity index is 792. The highest BCUT2D eigenvalue weighted by molar-refractivity contribution is 5.72. The maximum atomic E-state index is 5.97. The molecule has 6 nitrogen and oxygen atoms in total. The van der Waals surface area contributed by atoms with Crippen molar-refractivity contribution in [2.75, 3.05) is 13.1 Å². The van der Waals surface area contributed by atoms with E-state index in [1.807, 2.05) is 31.2 Å². The van der Waals surface area contributed by atoms with Crippen LogP contribution in [0.5, 0.6) is 0 Å². The molecule has 6 heteroatoms. The van der Waals surface area contributed by atoms with Crippen LogP contribution in [0.4, 0.5) is 0 Å². The van der Waals surface area contributed by atoms with E-state index in [4.69, 9.17) is 8.94 Å². The number of hydrogen-bond acceptors (Lipinski definition) is 6. The van der Waals surface area contributed by atoms with Crippen LogP contribution >= 0.6 is 0 Å². The van der Waals surface area contributed by atoms with E-state index in [0.29, 0.717) is 11.8 Å². The summed E-state index contributed by atoms with van der Waals surface area (Å²) in [5.41, 5.74) is 1.80. The second-order valence-electron chi connectivity index (χ2n) is 6.43. The first kappa shape index (κ1) is 15.3. The van der Waals surface area contributed by atoms with Crippen molar-refractivity contribution < 1.29 is 8.94 Å². The summed E-state index contributed by atoms with van der Waals surface area (Å²) in [5, 5.41) is 4.01. The molecule has 0 amide bonds. The third kappa shape index (κ3) is 2.82. The second kappa shape index (κ2) is 6.36. The maximum Gasteiger partial charge on any atom is 0.243 e. The van der Waals surface area contributed by atoms with E-state index in [2.05, 4.69) is 26.9 Å². The average Bonchev–Trinajstić information content (AvgIpc) is 3.28. The smallest absolute Gasteiger partial charge is 0.243 e. The Kier molecular flexibility index (Phi) is 4.06. The molecule has 24 heavy (non-hydrogen) atoms. The van der Waals surface area contributed by atoms with Gasteiger partial charge in [0.25, 0.3) is 0 Å². The van der Waals surface area contributed by atoms with Crippen LogP contribution in [-0.4, -0.2) is 33.1 Å². The molecule has 3 aromatic rings. The Morgan fingerprint density at radius 2 is 2.17 bits per heavy atom. The molecule has 0 N–H and O–H groups in total. The topological polar surface area (TPSA) is 68.2 Å². The molecule has 0 saturated carbocycles. The van der Waals surface area contributed by atoms with Gasteiger partial charge in [-0.3, -0.25) is 4.90 Å². The monoisotopic (exact) mass is 326 g/mol. The fourth-order valence-electron chi connectivity index (χ4n) is 3.36. The zero-order chi connectivity index (χ0) is 16.5. The lowest BCUT2D eigenvalue weighted by molar-refractivity contribution is 0.126. The van der Waals surface area contributed by atoms with Gasteiger partial charge in [-0.2, -0.15) is 4.98 Å². The first-order valence-corrected chi connectivity index (χ1v) is 8.66. The quantitative estimate of drug-likeness (QED) is 0.728. The zero-order valence-electron chi connectivity index (χ0n) is 14.1. The second-order valence-corrected chi connectivity index (χ2v) is 6.43. The van der Waals surface area contributed by atoms with Gasteiger partial charge in [-0.1, -0.05) is 24.2 Å². The zero-order valence-corrected chi connectivity index (χ0v) is 14.1. The summed E-state index contributed by atoms with van der Waals surface area (Å²) in [4.78, 5) is 11.5. The molecule has 0 radical (unpaired) electrons. The number of nitrogens with zero attached hydrogens (tertiary/aromatic N) is 4. The van der Waals surface area contributed by atoms with E-state index < -0.39 is 0 Å². The Hall–Kier alpha value is -2.21. The highest BCUT2D eigenvalue weighted by Crippen LogP contribution is 2.32. The number of likely N-dealkylation sites (tertiary alicyclic amines) is 1. The lowest BCUT2D eigenvalue weighted by atomic mass is 9.97. The minimum Gasteiger partial charge on any atom is -0.440 e. The number of hydrogen-bond donors (Lipinski definition) is 0. The molecule has 1 fully saturated rings. The molecule has 2 aromatic heterocycles. The van der Waals surface area contributed by atoms with Crippen LogP contribution in [0.1, 0.15) is 56.3 Å². The van der Waals surface area contributed by atoms with E-state index in [1.165, 1.54) is 0 Å². The lowest BCUT2D eigenvalue weighted by Crippen LogP contribution is -2.36. The average molecular weight is 326 g/mol. The Labute approximate surface area is 140 Å². The molecule has 0 bridgehead atoms. The highest BCUT2D eigenvalue weighted by atomic mass is 16.5. The predicted molar refractivity (Wildman–Crippen MR) is 89.6 cm³/mol. The van der Waals surface area contributed by atoms with Crippen LogP contribution < -0.4 is 0 Å². The summed E-state index contributed by atoms with van der Waals surface area (Å²) in [6.07, 6.45) is 3.00. The summed E-state index contributed by atoms with van der Waals surface area (Å²) in [5.74, 6) is 2.62. The van der Waals surface area contributed by atoms with Gasteiger partial charge in [0.15, 0.2) is 17.3 Å². The van der Waals surface area contributed by atoms with E-state index >= 15 is 0 Å². The van der Waals surface area contributed by atoms with Crippen molar-refractivity contribution in [1.29, 1.82) is 0 Å². The number of oxazole rings is 1. The van der Waals surface area contributed by atoms with Crippen LogP contribution in [0, 0.1) is 0 Å². The van der Waals surface area contributed by atoms with Crippen molar-refractivity contribution in [3.63, 3.8) is 0 Å². The number of fused-ring (bicyclic) bond motifs is 1. The van der Waals surface area contributed by atoms with Crippen LogP contribution in [0.3, 0.4) is 0 Å². The summed E-state index contributed by atoms with van der Waals surface area (Å²) < 4.78 is 11.4. The van der Waals surface area contributed by atoms with Gasteiger partial charge in [-0.15, -0.1) is 0 Å². The number of piperidine rings is 1. The molecule has 4 rings (SSSR count). The normalized spacial score (nSPS) is 20.5. The van der Waals surface area contributed by atoms with Gasteiger partial charge in [0, 0.05) is 18.9 Å².